The Kier molecular flexibility index (Phi) is 14.4. The molecule has 3 atom stereocenters. The monoisotopic (exact) mass is 712 g/mol. The van der Waals surface area contributed by atoms with Crippen LogP contribution in [0.2, 0.25) is 0 Å². The van der Waals surface area contributed by atoms with Gasteiger partial charge in [-0.25, -0.2) is 4.79 Å². The summed E-state index contributed by atoms with van der Waals surface area (Å²) in [5.41, 5.74) is 3.17. The molecule has 1 N–H and O–H groups in total. The third-order valence-electron chi connectivity index (χ3n) is 11.5. The van der Waals surface area contributed by atoms with Gasteiger partial charge in [-0.3, -0.25) is 4.79 Å². The number of rotatable bonds is 9. The molecule has 6 heteroatoms. The molecule has 4 aliphatic carbocycles. The van der Waals surface area contributed by atoms with Gasteiger partial charge in [0.15, 0.2) is 0 Å². The highest BCUT2D eigenvalue weighted by atomic mass is 16.7. The first-order valence-electron chi connectivity index (χ1n) is 19.7. The minimum Gasteiger partial charge on any atom is -0.508 e. The maximum atomic E-state index is 12.9. The summed E-state index contributed by atoms with van der Waals surface area (Å²) in [6.45, 7) is 18.5. The van der Waals surface area contributed by atoms with Crippen molar-refractivity contribution in [3.05, 3.63) is 89.5 Å². The van der Waals surface area contributed by atoms with Crippen molar-refractivity contribution >= 4 is 12.1 Å². The van der Waals surface area contributed by atoms with Gasteiger partial charge in [-0.1, -0.05) is 77.9 Å². The quantitative estimate of drug-likeness (QED) is 0.135. The third kappa shape index (κ3) is 11.6. The summed E-state index contributed by atoms with van der Waals surface area (Å²) < 4.78 is 16.0. The van der Waals surface area contributed by atoms with Gasteiger partial charge in [0, 0.05) is 0 Å². The van der Waals surface area contributed by atoms with Crippen molar-refractivity contribution in [1.82, 2.24) is 0 Å². The average molecular weight is 713 g/mol. The maximum absolute atomic E-state index is 12.9. The Morgan fingerprint density at radius 2 is 0.981 bits per heavy atom. The van der Waals surface area contributed by atoms with E-state index in [1.54, 1.807) is 45.0 Å². The highest BCUT2D eigenvalue weighted by Gasteiger charge is 2.55. The smallest absolute Gasteiger partial charge is 0.508 e. The van der Waals surface area contributed by atoms with Crippen LogP contribution in [0.15, 0.2) is 72.8 Å². The molecular weight excluding hydrogens is 649 g/mol. The second kappa shape index (κ2) is 18.3. The van der Waals surface area contributed by atoms with Crippen LogP contribution in [0.1, 0.15) is 155 Å². The van der Waals surface area contributed by atoms with Crippen LogP contribution in [0.3, 0.4) is 0 Å². The van der Waals surface area contributed by atoms with Gasteiger partial charge in [-0.2, -0.15) is 0 Å². The van der Waals surface area contributed by atoms with E-state index < -0.39 is 11.8 Å². The Balaban J connectivity index is 0.000000186. The Hall–Kier alpha value is -3.80. The summed E-state index contributed by atoms with van der Waals surface area (Å²) in [6.07, 6.45) is 9.99. The summed E-state index contributed by atoms with van der Waals surface area (Å²) in [5.74, 6) is 5.63. The van der Waals surface area contributed by atoms with Crippen LogP contribution in [-0.2, 0) is 9.53 Å². The number of carbonyl (C=O) groups excluding carboxylic acids is 2. The van der Waals surface area contributed by atoms with Crippen molar-refractivity contribution in [2.24, 2.45) is 23.2 Å². The molecule has 0 heterocycles. The number of carbonyl (C=O) groups is 2. The standard InChI is InChI=1S/C21H28O2.C15H22O3.C10H14O/c1-3-14(2)18-4-6-19(7-5-18)23-20(22)21-11-15-8-16(12-21)10-17(9-15)13-21;1-6-11(2)12-7-9-13(10-8-12)17-14(16)18-15(3,4)5;1-3-8(2)9-4-6-10(11)7-5-9/h4-7,14-17H,3,8-13H2,1-2H3;7-11H,6H2,1-5H3;4-8,11H,3H2,1-2H3. The second-order valence-corrected chi connectivity index (χ2v) is 16.8. The number of esters is 1. The molecule has 0 aromatic heterocycles. The van der Waals surface area contributed by atoms with Gasteiger partial charge in [0.1, 0.15) is 22.8 Å². The molecule has 3 aromatic rings. The van der Waals surface area contributed by atoms with Crippen molar-refractivity contribution < 1.29 is 28.9 Å². The molecule has 0 amide bonds. The molecule has 0 radical (unpaired) electrons. The Labute approximate surface area is 313 Å². The molecule has 284 valence electrons. The van der Waals surface area contributed by atoms with Crippen LogP contribution < -0.4 is 9.47 Å². The van der Waals surface area contributed by atoms with E-state index in [4.69, 9.17) is 19.3 Å². The minimum absolute atomic E-state index is 0.0490. The van der Waals surface area contributed by atoms with Gasteiger partial charge in [0.25, 0.3) is 0 Å². The van der Waals surface area contributed by atoms with E-state index in [1.807, 2.05) is 36.4 Å². The molecular formula is C46H64O6. The molecule has 0 saturated heterocycles. The van der Waals surface area contributed by atoms with Crippen LogP contribution in [0.25, 0.3) is 0 Å². The largest absolute Gasteiger partial charge is 0.514 e. The molecule has 3 unspecified atom stereocenters. The summed E-state index contributed by atoms with van der Waals surface area (Å²) in [6, 6.07) is 23.1. The molecule has 6 nitrogen and oxygen atoms in total. The molecule has 0 aliphatic heterocycles. The van der Waals surface area contributed by atoms with Crippen molar-refractivity contribution in [2.75, 3.05) is 0 Å². The van der Waals surface area contributed by atoms with Crippen LogP contribution in [-0.4, -0.2) is 22.8 Å². The van der Waals surface area contributed by atoms with E-state index in [9.17, 15) is 9.59 Å². The lowest BCUT2D eigenvalue weighted by Crippen LogP contribution is -2.51. The van der Waals surface area contributed by atoms with Crippen LogP contribution >= 0.6 is 0 Å². The number of hydrogen-bond acceptors (Lipinski definition) is 6. The van der Waals surface area contributed by atoms with Gasteiger partial charge in [0.2, 0.25) is 0 Å². The van der Waals surface area contributed by atoms with Gasteiger partial charge in [-0.05, 0) is 167 Å². The predicted octanol–water partition coefficient (Wildman–Crippen LogP) is 12.7. The van der Waals surface area contributed by atoms with E-state index >= 15 is 0 Å². The maximum Gasteiger partial charge on any atom is 0.514 e. The summed E-state index contributed by atoms with van der Waals surface area (Å²) in [4.78, 5) is 24.4. The van der Waals surface area contributed by atoms with E-state index in [1.165, 1.54) is 36.0 Å². The Morgan fingerprint density at radius 1 is 0.635 bits per heavy atom. The molecule has 4 bridgehead atoms. The average Bonchev–Trinajstić information content (AvgIpc) is 3.10. The lowest BCUT2D eigenvalue weighted by atomic mass is 9.49. The topological polar surface area (TPSA) is 82.1 Å². The lowest BCUT2D eigenvalue weighted by molar-refractivity contribution is -0.161. The van der Waals surface area contributed by atoms with Gasteiger partial charge in [-0.15, -0.1) is 0 Å². The number of phenols is 1. The van der Waals surface area contributed by atoms with E-state index in [2.05, 4.69) is 53.7 Å². The number of phenolic OH excluding ortho intramolecular Hbond substituents is 1. The number of aromatic hydroxyl groups is 1. The summed E-state index contributed by atoms with van der Waals surface area (Å²) in [7, 11) is 0. The van der Waals surface area contributed by atoms with Gasteiger partial charge in [0.05, 0.1) is 5.41 Å². The Morgan fingerprint density at radius 3 is 1.33 bits per heavy atom. The third-order valence-corrected chi connectivity index (χ3v) is 11.5. The van der Waals surface area contributed by atoms with Crippen LogP contribution in [0.5, 0.6) is 17.2 Å². The number of hydrogen-bond donors (Lipinski definition) is 1. The summed E-state index contributed by atoms with van der Waals surface area (Å²) in [5, 5.41) is 9.01. The fourth-order valence-electron chi connectivity index (χ4n) is 8.18. The first-order valence-corrected chi connectivity index (χ1v) is 19.7. The zero-order valence-electron chi connectivity index (χ0n) is 33.2. The van der Waals surface area contributed by atoms with Crippen LogP contribution in [0, 0.1) is 23.2 Å². The highest BCUT2D eigenvalue weighted by molar-refractivity contribution is 5.80. The first-order chi connectivity index (χ1) is 24.6. The molecule has 3 aromatic carbocycles. The molecule has 52 heavy (non-hydrogen) atoms. The molecule has 0 spiro atoms. The van der Waals surface area contributed by atoms with Crippen molar-refractivity contribution in [1.29, 1.82) is 0 Å². The lowest BCUT2D eigenvalue weighted by Gasteiger charge is -2.55. The predicted molar refractivity (Wildman–Crippen MR) is 210 cm³/mol. The van der Waals surface area contributed by atoms with Crippen molar-refractivity contribution in [3.8, 4) is 17.2 Å². The fourth-order valence-corrected chi connectivity index (χ4v) is 8.18. The zero-order valence-corrected chi connectivity index (χ0v) is 33.2. The highest BCUT2D eigenvalue weighted by Crippen LogP contribution is 2.60. The molecule has 7 rings (SSSR count). The first kappa shape index (κ1) is 41.0. The van der Waals surface area contributed by atoms with E-state index in [0.29, 0.717) is 29.3 Å². The number of benzene rings is 3. The number of ether oxygens (including phenoxy) is 3. The van der Waals surface area contributed by atoms with Gasteiger partial charge < -0.3 is 19.3 Å². The zero-order chi connectivity index (χ0) is 38.1. The molecule has 4 fully saturated rings. The molecule has 4 saturated carbocycles. The van der Waals surface area contributed by atoms with E-state index in [-0.39, 0.29) is 11.4 Å². The van der Waals surface area contributed by atoms with Crippen molar-refractivity contribution in [2.45, 2.75) is 143 Å². The van der Waals surface area contributed by atoms with Crippen molar-refractivity contribution in [3.63, 3.8) is 0 Å². The Bertz CT molecular complexity index is 1520. The summed E-state index contributed by atoms with van der Waals surface area (Å²) >= 11 is 0. The normalized spacial score (nSPS) is 23.1. The van der Waals surface area contributed by atoms with Crippen LogP contribution in [0.4, 0.5) is 4.79 Å². The SMILES string of the molecule is CCC(C)c1ccc(O)cc1.CCC(C)c1ccc(OC(=O)C23CC4CC(CC(C4)C2)C3)cc1.CCC(C)c1ccc(OC(=O)OC(C)(C)C)cc1. The second-order valence-electron chi connectivity index (χ2n) is 16.8. The van der Waals surface area contributed by atoms with E-state index in [0.717, 1.165) is 62.0 Å². The van der Waals surface area contributed by atoms with Gasteiger partial charge >= 0.3 is 12.1 Å². The minimum atomic E-state index is -0.668. The fraction of sp³-hybridized carbons (Fsp3) is 0.565. The molecule has 4 aliphatic rings.